The molecule has 0 radical (unpaired) electrons. The molecular formula is C16H36OSi. The van der Waals surface area contributed by atoms with Crippen molar-refractivity contribution >= 4 is 8.32 Å². The molecule has 0 rings (SSSR count). The fourth-order valence-electron chi connectivity index (χ4n) is 2.78. The van der Waals surface area contributed by atoms with Crippen LogP contribution in [0.2, 0.25) is 18.6 Å². The average molecular weight is 273 g/mol. The standard InChI is InChI=1S/C16H36OSi/c1-5-8-9-10-11-12-13-14-16-18(4,15-6-2)17-7-3/h5-16H2,1-4H3. The number of unbranched alkanes of at least 4 members (excludes halogenated alkanes) is 7. The number of hydrogen-bond donors (Lipinski definition) is 0. The highest BCUT2D eigenvalue weighted by atomic mass is 28.4. The maximum absolute atomic E-state index is 6.07. The smallest absolute Gasteiger partial charge is 0.189 e. The highest BCUT2D eigenvalue weighted by molar-refractivity contribution is 6.72. The fraction of sp³-hybridized carbons (Fsp3) is 1.00. The van der Waals surface area contributed by atoms with E-state index in [1.54, 1.807) is 0 Å². The van der Waals surface area contributed by atoms with Gasteiger partial charge in [0.25, 0.3) is 0 Å². The third-order valence-electron chi connectivity index (χ3n) is 3.83. The fourth-order valence-corrected chi connectivity index (χ4v) is 6.07. The van der Waals surface area contributed by atoms with E-state index in [9.17, 15) is 0 Å². The molecule has 0 amide bonds. The minimum atomic E-state index is -1.33. The van der Waals surface area contributed by atoms with Crippen molar-refractivity contribution in [2.45, 2.75) is 97.2 Å². The second-order valence-electron chi connectivity index (χ2n) is 5.86. The number of hydrogen-bond acceptors (Lipinski definition) is 1. The molecule has 2 heteroatoms. The molecular weight excluding hydrogens is 236 g/mol. The molecule has 0 spiro atoms. The van der Waals surface area contributed by atoms with E-state index in [1.165, 1.54) is 69.9 Å². The van der Waals surface area contributed by atoms with E-state index >= 15 is 0 Å². The second kappa shape index (κ2) is 12.2. The summed E-state index contributed by atoms with van der Waals surface area (Å²) in [6.45, 7) is 10.1. The predicted octanol–water partition coefficient (Wildman–Crippen LogP) is 6.15. The van der Waals surface area contributed by atoms with Crippen LogP contribution in [0.4, 0.5) is 0 Å². The Labute approximate surface area is 117 Å². The van der Waals surface area contributed by atoms with Crippen molar-refractivity contribution in [1.82, 2.24) is 0 Å². The molecule has 110 valence electrons. The summed E-state index contributed by atoms with van der Waals surface area (Å²) in [6, 6.07) is 2.72. The first-order chi connectivity index (χ1) is 8.68. The highest BCUT2D eigenvalue weighted by Crippen LogP contribution is 2.23. The quantitative estimate of drug-likeness (QED) is 0.289. The zero-order valence-electron chi connectivity index (χ0n) is 13.4. The molecule has 0 aromatic rings. The second-order valence-corrected chi connectivity index (χ2v) is 10.0. The van der Waals surface area contributed by atoms with Crippen LogP contribution in [0.5, 0.6) is 0 Å². The average Bonchev–Trinajstić information content (AvgIpc) is 2.33. The maximum Gasteiger partial charge on any atom is 0.189 e. The van der Waals surface area contributed by atoms with Crippen LogP contribution in [0.3, 0.4) is 0 Å². The van der Waals surface area contributed by atoms with Gasteiger partial charge in [0.1, 0.15) is 0 Å². The van der Waals surface area contributed by atoms with Gasteiger partial charge in [-0.3, -0.25) is 0 Å². The summed E-state index contributed by atoms with van der Waals surface area (Å²) in [7, 11) is -1.33. The maximum atomic E-state index is 6.07. The molecule has 0 aromatic heterocycles. The van der Waals surface area contributed by atoms with E-state index in [2.05, 4.69) is 27.3 Å². The van der Waals surface area contributed by atoms with Crippen molar-refractivity contribution in [3.8, 4) is 0 Å². The van der Waals surface area contributed by atoms with Gasteiger partial charge in [0.15, 0.2) is 8.32 Å². The lowest BCUT2D eigenvalue weighted by molar-refractivity contribution is 0.321. The zero-order chi connectivity index (χ0) is 13.7. The molecule has 0 heterocycles. The Kier molecular flexibility index (Phi) is 12.3. The van der Waals surface area contributed by atoms with Gasteiger partial charge in [-0.05, 0) is 25.6 Å². The summed E-state index contributed by atoms with van der Waals surface area (Å²) in [5, 5.41) is 0. The van der Waals surface area contributed by atoms with Gasteiger partial charge in [-0.2, -0.15) is 0 Å². The highest BCUT2D eigenvalue weighted by Gasteiger charge is 2.26. The summed E-state index contributed by atoms with van der Waals surface area (Å²) in [5.74, 6) is 0. The molecule has 18 heavy (non-hydrogen) atoms. The van der Waals surface area contributed by atoms with Crippen LogP contribution in [-0.4, -0.2) is 14.9 Å². The monoisotopic (exact) mass is 272 g/mol. The Morgan fingerprint density at radius 3 is 1.72 bits per heavy atom. The minimum absolute atomic E-state index is 0.916. The first-order valence-corrected chi connectivity index (χ1v) is 11.1. The summed E-state index contributed by atoms with van der Waals surface area (Å²) in [4.78, 5) is 0. The van der Waals surface area contributed by atoms with Crippen molar-refractivity contribution in [3.63, 3.8) is 0 Å². The van der Waals surface area contributed by atoms with Crippen LogP contribution in [0.25, 0.3) is 0 Å². The molecule has 0 aliphatic carbocycles. The SMILES string of the molecule is CCCCCCCCCC[Si](C)(CCC)OCC. The van der Waals surface area contributed by atoms with Crippen LogP contribution in [0.15, 0.2) is 0 Å². The van der Waals surface area contributed by atoms with Crippen LogP contribution < -0.4 is 0 Å². The summed E-state index contributed by atoms with van der Waals surface area (Å²) in [6.07, 6.45) is 12.7. The molecule has 0 aliphatic heterocycles. The Morgan fingerprint density at radius 2 is 1.22 bits per heavy atom. The predicted molar refractivity (Wildman–Crippen MR) is 85.8 cm³/mol. The van der Waals surface area contributed by atoms with E-state index in [1.807, 2.05) is 0 Å². The first kappa shape index (κ1) is 18.2. The van der Waals surface area contributed by atoms with Crippen molar-refractivity contribution in [1.29, 1.82) is 0 Å². The molecule has 0 aromatic carbocycles. The largest absolute Gasteiger partial charge is 0.417 e. The molecule has 1 unspecified atom stereocenters. The molecule has 0 bridgehead atoms. The summed E-state index contributed by atoms with van der Waals surface area (Å²) < 4.78 is 6.07. The normalized spacial score (nSPS) is 14.7. The van der Waals surface area contributed by atoms with Crippen LogP contribution in [0, 0.1) is 0 Å². The molecule has 1 atom stereocenters. The molecule has 0 saturated heterocycles. The van der Waals surface area contributed by atoms with Gasteiger partial charge < -0.3 is 4.43 Å². The van der Waals surface area contributed by atoms with E-state index < -0.39 is 8.32 Å². The van der Waals surface area contributed by atoms with E-state index in [-0.39, 0.29) is 0 Å². The Morgan fingerprint density at radius 1 is 0.667 bits per heavy atom. The first-order valence-electron chi connectivity index (χ1n) is 8.32. The van der Waals surface area contributed by atoms with Gasteiger partial charge in [0.2, 0.25) is 0 Å². The lowest BCUT2D eigenvalue weighted by Crippen LogP contribution is -2.34. The van der Waals surface area contributed by atoms with Gasteiger partial charge in [-0.1, -0.05) is 71.6 Å². The molecule has 0 N–H and O–H groups in total. The lowest BCUT2D eigenvalue weighted by Gasteiger charge is -2.26. The van der Waals surface area contributed by atoms with Gasteiger partial charge in [0, 0.05) is 6.61 Å². The summed E-state index contributed by atoms with van der Waals surface area (Å²) in [5.41, 5.74) is 0. The van der Waals surface area contributed by atoms with E-state index in [0.29, 0.717) is 0 Å². The van der Waals surface area contributed by atoms with Gasteiger partial charge in [-0.25, -0.2) is 0 Å². The molecule has 0 saturated carbocycles. The minimum Gasteiger partial charge on any atom is -0.417 e. The third-order valence-corrected chi connectivity index (χ3v) is 7.79. The lowest BCUT2D eigenvalue weighted by atomic mass is 10.1. The van der Waals surface area contributed by atoms with Gasteiger partial charge in [-0.15, -0.1) is 0 Å². The van der Waals surface area contributed by atoms with Crippen LogP contribution >= 0.6 is 0 Å². The third kappa shape index (κ3) is 10.1. The molecule has 0 fully saturated rings. The number of rotatable bonds is 13. The summed E-state index contributed by atoms with van der Waals surface area (Å²) >= 11 is 0. The van der Waals surface area contributed by atoms with Gasteiger partial charge >= 0.3 is 0 Å². The van der Waals surface area contributed by atoms with E-state index in [0.717, 1.165) is 6.61 Å². The Balaban J connectivity index is 3.49. The topological polar surface area (TPSA) is 9.23 Å². The van der Waals surface area contributed by atoms with Crippen LogP contribution in [-0.2, 0) is 4.43 Å². The van der Waals surface area contributed by atoms with Crippen molar-refractivity contribution in [2.75, 3.05) is 6.61 Å². The van der Waals surface area contributed by atoms with Crippen LogP contribution in [0.1, 0.15) is 78.6 Å². The van der Waals surface area contributed by atoms with E-state index in [4.69, 9.17) is 4.43 Å². The Bertz CT molecular complexity index is 164. The van der Waals surface area contributed by atoms with Crippen molar-refractivity contribution in [2.24, 2.45) is 0 Å². The zero-order valence-corrected chi connectivity index (χ0v) is 14.4. The van der Waals surface area contributed by atoms with Crippen molar-refractivity contribution < 1.29 is 4.43 Å². The molecule has 1 nitrogen and oxygen atoms in total. The molecule has 0 aliphatic rings. The van der Waals surface area contributed by atoms with Gasteiger partial charge in [0.05, 0.1) is 0 Å². The Hall–Kier alpha value is 0.177. The van der Waals surface area contributed by atoms with Crippen molar-refractivity contribution in [3.05, 3.63) is 0 Å².